The molecule has 0 atom stereocenters. The van der Waals surface area contributed by atoms with E-state index in [0.717, 1.165) is 25.8 Å². The summed E-state index contributed by atoms with van der Waals surface area (Å²) in [5, 5.41) is 6.97. The molecule has 0 saturated carbocycles. The van der Waals surface area contributed by atoms with E-state index in [0.29, 0.717) is 19.0 Å². The topological polar surface area (TPSA) is 96.3 Å². The van der Waals surface area contributed by atoms with Gasteiger partial charge in [-0.2, -0.15) is 5.10 Å². The number of sulfonamides is 1. The van der Waals surface area contributed by atoms with Crippen molar-refractivity contribution in [3.63, 3.8) is 0 Å². The molecule has 2 N–H and O–H groups in total. The van der Waals surface area contributed by atoms with Gasteiger partial charge in [-0.25, -0.2) is 13.1 Å². The van der Waals surface area contributed by atoms with E-state index in [2.05, 4.69) is 15.1 Å². The number of aryl methyl sites for hydroxylation is 1. The molecule has 1 aromatic rings. The summed E-state index contributed by atoms with van der Waals surface area (Å²) in [5.74, 6) is 0.461. The van der Waals surface area contributed by atoms with Gasteiger partial charge < -0.3 is 10.2 Å². The molecule has 1 aliphatic rings. The maximum absolute atomic E-state index is 12.2. The highest BCUT2D eigenvalue weighted by atomic mass is 35.5. The summed E-state index contributed by atoms with van der Waals surface area (Å²) in [6.45, 7) is 2.17. The van der Waals surface area contributed by atoms with Gasteiger partial charge in [0.15, 0.2) is 0 Å². The van der Waals surface area contributed by atoms with Crippen LogP contribution in [0.15, 0.2) is 17.3 Å². The normalized spacial score (nSPS) is 16.0. The second-order valence-electron chi connectivity index (χ2n) is 5.89. The van der Waals surface area contributed by atoms with Crippen LogP contribution in [0.4, 0.5) is 0 Å². The Kier molecular flexibility index (Phi) is 8.14. The van der Waals surface area contributed by atoms with Crippen molar-refractivity contribution >= 4 is 28.3 Å². The smallest absolute Gasteiger partial charge is 0.244 e. The third-order valence-electron chi connectivity index (χ3n) is 4.17. The SMILES string of the molecule is CNCCC1CCN(C(=O)CNS(=O)(=O)c2cnn(C)c2)CC1.Cl. The number of likely N-dealkylation sites (tertiary alicyclic amines) is 1. The lowest BCUT2D eigenvalue weighted by atomic mass is 9.93. The first-order valence-electron chi connectivity index (χ1n) is 7.83. The number of rotatable bonds is 7. The zero-order valence-electron chi connectivity index (χ0n) is 14.1. The largest absolute Gasteiger partial charge is 0.342 e. The first kappa shape index (κ1) is 20.9. The molecule has 0 unspecified atom stereocenters. The van der Waals surface area contributed by atoms with E-state index in [1.807, 2.05) is 7.05 Å². The maximum atomic E-state index is 12.2. The van der Waals surface area contributed by atoms with E-state index in [1.165, 1.54) is 17.1 Å². The number of piperidine rings is 1. The lowest BCUT2D eigenvalue weighted by Gasteiger charge is -2.32. The first-order chi connectivity index (χ1) is 10.9. The molecule has 1 saturated heterocycles. The zero-order valence-corrected chi connectivity index (χ0v) is 15.7. The van der Waals surface area contributed by atoms with Crippen molar-refractivity contribution in [2.24, 2.45) is 13.0 Å². The Bertz CT molecular complexity index is 626. The van der Waals surface area contributed by atoms with Crippen molar-refractivity contribution < 1.29 is 13.2 Å². The van der Waals surface area contributed by atoms with Gasteiger partial charge in [-0.15, -0.1) is 12.4 Å². The highest BCUT2D eigenvalue weighted by Gasteiger charge is 2.24. The molecular formula is C14H26ClN5O3S. The van der Waals surface area contributed by atoms with Crippen LogP contribution in [0.2, 0.25) is 0 Å². The molecule has 1 amide bonds. The summed E-state index contributed by atoms with van der Waals surface area (Å²) < 4.78 is 27.9. The van der Waals surface area contributed by atoms with E-state index < -0.39 is 10.0 Å². The fourth-order valence-corrected chi connectivity index (χ4v) is 3.67. The minimum absolute atomic E-state index is 0. The predicted octanol–water partition coefficient (Wildman–Crippen LogP) is -0.0317. The van der Waals surface area contributed by atoms with Crippen molar-refractivity contribution in [2.75, 3.05) is 33.2 Å². The van der Waals surface area contributed by atoms with E-state index in [4.69, 9.17) is 0 Å². The summed E-state index contributed by atoms with van der Waals surface area (Å²) in [6, 6.07) is 0. The minimum atomic E-state index is -3.69. The number of hydrogen-bond donors (Lipinski definition) is 2. The van der Waals surface area contributed by atoms with Gasteiger partial charge in [0, 0.05) is 26.3 Å². The van der Waals surface area contributed by atoms with Gasteiger partial charge in [-0.3, -0.25) is 9.48 Å². The van der Waals surface area contributed by atoms with Crippen LogP contribution in [0.1, 0.15) is 19.3 Å². The van der Waals surface area contributed by atoms with E-state index in [9.17, 15) is 13.2 Å². The van der Waals surface area contributed by atoms with Crippen LogP contribution in [0.3, 0.4) is 0 Å². The average Bonchev–Trinajstić information content (AvgIpc) is 2.98. The Morgan fingerprint density at radius 1 is 1.38 bits per heavy atom. The van der Waals surface area contributed by atoms with Gasteiger partial charge in [-0.05, 0) is 38.8 Å². The molecular weight excluding hydrogens is 354 g/mol. The first-order valence-corrected chi connectivity index (χ1v) is 9.31. The van der Waals surface area contributed by atoms with Crippen LogP contribution < -0.4 is 10.0 Å². The summed E-state index contributed by atoms with van der Waals surface area (Å²) in [5.41, 5.74) is 0. The Hall–Kier alpha value is -1.16. The van der Waals surface area contributed by atoms with Crippen LogP contribution in [0, 0.1) is 5.92 Å². The molecule has 8 nitrogen and oxygen atoms in total. The Balaban J connectivity index is 0.00000288. The Morgan fingerprint density at radius 3 is 2.58 bits per heavy atom. The van der Waals surface area contributed by atoms with Gasteiger partial charge in [-0.1, -0.05) is 0 Å². The highest BCUT2D eigenvalue weighted by Crippen LogP contribution is 2.20. The number of amides is 1. The van der Waals surface area contributed by atoms with Crippen LogP contribution in [-0.4, -0.2) is 62.2 Å². The number of nitrogens with zero attached hydrogens (tertiary/aromatic N) is 3. The number of carbonyl (C=O) groups excluding carboxylic acids is 1. The third kappa shape index (κ3) is 5.73. The molecule has 0 spiro atoms. The molecule has 1 aromatic heterocycles. The van der Waals surface area contributed by atoms with Crippen LogP contribution in [0.5, 0.6) is 0 Å². The molecule has 0 aromatic carbocycles. The molecule has 2 heterocycles. The molecule has 1 aliphatic heterocycles. The van der Waals surface area contributed by atoms with Gasteiger partial charge in [0.05, 0.1) is 12.7 Å². The summed E-state index contributed by atoms with van der Waals surface area (Å²) in [6.07, 6.45) is 5.73. The number of carbonyl (C=O) groups is 1. The molecule has 10 heteroatoms. The quantitative estimate of drug-likeness (QED) is 0.693. The fraction of sp³-hybridized carbons (Fsp3) is 0.714. The predicted molar refractivity (Wildman–Crippen MR) is 93.5 cm³/mol. The van der Waals surface area contributed by atoms with Gasteiger partial charge >= 0.3 is 0 Å². The Morgan fingerprint density at radius 2 is 2.04 bits per heavy atom. The van der Waals surface area contributed by atoms with Crippen molar-refractivity contribution in [1.29, 1.82) is 0 Å². The van der Waals surface area contributed by atoms with Crippen LogP contribution in [0.25, 0.3) is 0 Å². The third-order valence-corrected chi connectivity index (χ3v) is 5.53. The second-order valence-corrected chi connectivity index (χ2v) is 7.66. The molecule has 138 valence electrons. The number of aromatic nitrogens is 2. The van der Waals surface area contributed by atoms with Crippen LogP contribution >= 0.6 is 12.4 Å². The summed E-state index contributed by atoms with van der Waals surface area (Å²) >= 11 is 0. The zero-order chi connectivity index (χ0) is 16.9. The van der Waals surface area contributed by atoms with E-state index in [-0.39, 0.29) is 29.8 Å². The lowest BCUT2D eigenvalue weighted by molar-refractivity contribution is -0.131. The molecule has 1 fully saturated rings. The van der Waals surface area contributed by atoms with Gasteiger partial charge in [0.1, 0.15) is 4.90 Å². The number of hydrogen-bond acceptors (Lipinski definition) is 5. The van der Waals surface area contributed by atoms with Crippen molar-refractivity contribution in [2.45, 2.75) is 24.2 Å². The van der Waals surface area contributed by atoms with Crippen molar-refractivity contribution in [3.8, 4) is 0 Å². The standard InChI is InChI=1S/C14H25N5O3S.ClH/c1-15-6-3-12-4-7-19(8-5-12)14(20)10-17-23(21,22)13-9-16-18(2)11-13;/h9,11-12,15,17H,3-8,10H2,1-2H3;1H. The molecule has 0 bridgehead atoms. The summed E-state index contributed by atoms with van der Waals surface area (Å²) in [4.78, 5) is 14.0. The molecule has 0 radical (unpaired) electrons. The highest BCUT2D eigenvalue weighted by molar-refractivity contribution is 7.89. The lowest BCUT2D eigenvalue weighted by Crippen LogP contribution is -2.44. The summed E-state index contributed by atoms with van der Waals surface area (Å²) in [7, 11) is -0.106. The molecule has 2 rings (SSSR count). The second kappa shape index (κ2) is 9.36. The average molecular weight is 380 g/mol. The minimum Gasteiger partial charge on any atom is -0.342 e. The fourth-order valence-electron chi connectivity index (χ4n) is 2.71. The maximum Gasteiger partial charge on any atom is 0.244 e. The van der Waals surface area contributed by atoms with Gasteiger partial charge in [0.2, 0.25) is 15.9 Å². The van der Waals surface area contributed by atoms with Crippen molar-refractivity contribution in [3.05, 3.63) is 12.4 Å². The monoisotopic (exact) mass is 379 g/mol. The molecule has 0 aliphatic carbocycles. The molecule has 24 heavy (non-hydrogen) atoms. The van der Waals surface area contributed by atoms with E-state index >= 15 is 0 Å². The number of halogens is 1. The van der Waals surface area contributed by atoms with Crippen LogP contribution in [-0.2, 0) is 21.9 Å². The number of nitrogens with one attached hydrogen (secondary N) is 2. The van der Waals surface area contributed by atoms with E-state index in [1.54, 1.807) is 11.9 Å². The van der Waals surface area contributed by atoms with Gasteiger partial charge in [0.25, 0.3) is 0 Å². The van der Waals surface area contributed by atoms with Crippen molar-refractivity contribution in [1.82, 2.24) is 24.7 Å². The Labute approximate surface area is 149 Å².